The fraction of sp³-hybridized carbons (Fsp3) is 1.00. The van der Waals surface area contributed by atoms with Gasteiger partial charge in [-0.05, 0) is 77.0 Å². The van der Waals surface area contributed by atoms with E-state index >= 15 is 0 Å². The summed E-state index contributed by atoms with van der Waals surface area (Å²) in [5.41, 5.74) is 0. The van der Waals surface area contributed by atoms with E-state index in [4.69, 9.17) is 0 Å². The quantitative estimate of drug-likeness (QED) is 0.746. The maximum atomic E-state index is 3.78. The van der Waals surface area contributed by atoms with Crippen LogP contribution < -0.4 is 5.32 Å². The van der Waals surface area contributed by atoms with E-state index in [0.29, 0.717) is 0 Å². The summed E-state index contributed by atoms with van der Waals surface area (Å²) in [6.07, 6.45) is 8.49. The van der Waals surface area contributed by atoms with E-state index in [1.54, 1.807) is 0 Å². The van der Waals surface area contributed by atoms with E-state index in [1.807, 2.05) is 0 Å². The molecule has 0 aromatic carbocycles. The van der Waals surface area contributed by atoms with Crippen LogP contribution in [0.25, 0.3) is 0 Å². The van der Waals surface area contributed by atoms with Gasteiger partial charge in [-0.25, -0.2) is 0 Å². The van der Waals surface area contributed by atoms with Gasteiger partial charge >= 0.3 is 0 Å². The molecule has 1 aliphatic heterocycles. The molecule has 2 nitrogen and oxygen atoms in total. The van der Waals surface area contributed by atoms with Gasteiger partial charge in [0.25, 0.3) is 0 Å². The average Bonchev–Trinajstić information content (AvgIpc) is 3.11. The first-order chi connectivity index (χ1) is 7.79. The summed E-state index contributed by atoms with van der Waals surface area (Å²) >= 11 is 0. The molecule has 1 saturated heterocycles. The van der Waals surface area contributed by atoms with Crippen LogP contribution >= 0.6 is 0 Å². The van der Waals surface area contributed by atoms with Gasteiger partial charge < -0.3 is 10.2 Å². The molecule has 1 atom stereocenters. The van der Waals surface area contributed by atoms with Gasteiger partial charge in [0.2, 0.25) is 0 Å². The molecule has 0 spiro atoms. The normalized spacial score (nSPS) is 25.9. The van der Waals surface area contributed by atoms with Crippen molar-refractivity contribution in [1.82, 2.24) is 10.2 Å². The van der Waals surface area contributed by atoms with Crippen molar-refractivity contribution >= 4 is 0 Å². The Morgan fingerprint density at radius 2 is 1.88 bits per heavy atom. The molecule has 2 rings (SSSR count). The molecule has 0 radical (unpaired) electrons. The third kappa shape index (κ3) is 3.74. The summed E-state index contributed by atoms with van der Waals surface area (Å²) in [7, 11) is 2.24. The van der Waals surface area contributed by atoms with Gasteiger partial charge in [0.1, 0.15) is 0 Å². The van der Waals surface area contributed by atoms with Crippen molar-refractivity contribution in [3.8, 4) is 0 Å². The first kappa shape index (κ1) is 12.4. The fourth-order valence-corrected chi connectivity index (χ4v) is 2.97. The monoisotopic (exact) mass is 224 g/mol. The Labute approximate surface area is 101 Å². The molecular weight excluding hydrogens is 196 g/mol. The van der Waals surface area contributed by atoms with Gasteiger partial charge in [0, 0.05) is 6.04 Å². The lowest BCUT2D eigenvalue weighted by Crippen LogP contribution is -2.35. The molecule has 0 bridgehead atoms. The predicted octanol–water partition coefficient (Wildman–Crippen LogP) is 2.50. The van der Waals surface area contributed by atoms with Crippen molar-refractivity contribution < 1.29 is 0 Å². The van der Waals surface area contributed by atoms with Gasteiger partial charge in [0.15, 0.2) is 0 Å². The first-order valence-corrected chi connectivity index (χ1v) is 7.21. The van der Waals surface area contributed by atoms with E-state index in [-0.39, 0.29) is 0 Å². The summed E-state index contributed by atoms with van der Waals surface area (Å²) < 4.78 is 0. The summed E-state index contributed by atoms with van der Waals surface area (Å²) in [4.78, 5) is 2.46. The van der Waals surface area contributed by atoms with Crippen molar-refractivity contribution in [2.45, 2.75) is 51.5 Å². The Kier molecular flexibility index (Phi) is 4.66. The van der Waals surface area contributed by atoms with E-state index in [2.05, 4.69) is 24.2 Å². The van der Waals surface area contributed by atoms with E-state index in [0.717, 1.165) is 17.9 Å². The molecule has 1 aliphatic carbocycles. The van der Waals surface area contributed by atoms with Crippen LogP contribution in [0.4, 0.5) is 0 Å². The SMILES string of the molecule is CCC(NCCC1CCN(C)CC1)C1CC1. The Morgan fingerprint density at radius 3 is 2.44 bits per heavy atom. The number of piperidine rings is 1. The topological polar surface area (TPSA) is 15.3 Å². The van der Waals surface area contributed by atoms with E-state index in [9.17, 15) is 0 Å². The maximum Gasteiger partial charge on any atom is 0.00927 e. The summed E-state index contributed by atoms with van der Waals surface area (Å²) in [6.45, 7) is 6.20. The first-order valence-electron chi connectivity index (χ1n) is 7.21. The zero-order chi connectivity index (χ0) is 11.4. The third-order valence-corrected chi connectivity index (χ3v) is 4.43. The van der Waals surface area contributed by atoms with Crippen LogP contribution in [0.1, 0.15) is 45.4 Å². The number of hydrogen-bond acceptors (Lipinski definition) is 2. The average molecular weight is 224 g/mol. The molecule has 0 amide bonds. The highest BCUT2D eigenvalue weighted by Crippen LogP contribution is 2.33. The van der Waals surface area contributed by atoms with Crippen LogP contribution in [-0.4, -0.2) is 37.6 Å². The van der Waals surface area contributed by atoms with Gasteiger partial charge in [-0.2, -0.15) is 0 Å². The highest BCUT2D eigenvalue weighted by Gasteiger charge is 2.29. The van der Waals surface area contributed by atoms with Gasteiger partial charge in [-0.1, -0.05) is 6.92 Å². The van der Waals surface area contributed by atoms with Crippen molar-refractivity contribution in [2.75, 3.05) is 26.7 Å². The molecule has 1 heterocycles. The van der Waals surface area contributed by atoms with Gasteiger partial charge in [-0.3, -0.25) is 0 Å². The van der Waals surface area contributed by atoms with Crippen molar-refractivity contribution in [2.24, 2.45) is 11.8 Å². The van der Waals surface area contributed by atoms with Crippen LogP contribution in [-0.2, 0) is 0 Å². The summed E-state index contributed by atoms with van der Waals surface area (Å²) in [5, 5.41) is 3.78. The smallest absolute Gasteiger partial charge is 0.00927 e. The Bertz CT molecular complexity index is 193. The molecule has 0 aromatic heterocycles. The molecule has 2 aliphatic rings. The van der Waals surface area contributed by atoms with Crippen LogP contribution in [0.15, 0.2) is 0 Å². The summed E-state index contributed by atoms with van der Waals surface area (Å²) in [6, 6.07) is 0.825. The zero-order valence-electron chi connectivity index (χ0n) is 11.0. The summed E-state index contributed by atoms with van der Waals surface area (Å²) in [5.74, 6) is 2.00. The van der Waals surface area contributed by atoms with Crippen LogP contribution in [0.2, 0.25) is 0 Å². The zero-order valence-corrected chi connectivity index (χ0v) is 11.0. The van der Waals surface area contributed by atoms with Crippen LogP contribution in [0, 0.1) is 11.8 Å². The molecule has 1 N–H and O–H groups in total. The van der Waals surface area contributed by atoms with Crippen molar-refractivity contribution in [3.63, 3.8) is 0 Å². The molecule has 16 heavy (non-hydrogen) atoms. The minimum atomic E-state index is 0.825. The standard InChI is InChI=1S/C14H28N2/c1-3-14(13-4-5-13)15-9-6-12-7-10-16(2)11-8-12/h12-15H,3-11H2,1-2H3. The van der Waals surface area contributed by atoms with Gasteiger partial charge in [0.05, 0.1) is 0 Å². The van der Waals surface area contributed by atoms with Crippen molar-refractivity contribution in [1.29, 1.82) is 0 Å². The van der Waals surface area contributed by atoms with E-state index < -0.39 is 0 Å². The number of likely N-dealkylation sites (tertiary alicyclic amines) is 1. The molecular formula is C14H28N2. The van der Waals surface area contributed by atoms with Gasteiger partial charge in [-0.15, -0.1) is 0 Å². The molecule has 2 fully saturated rings. The minimum Gasteiger partial charge on any atom is -0.314 e. The minimum absolute atomic E-state index is 0.825. The number of nitrogens with zero attached hydrogens (tertiary/aromatic N) is 1. The van der Waals surface area contributed by atoms with Crippen LogP contribution in [0.3, 0.4) is 0 Å². The third-order valence-electron chi connectivity index (χ3n) is 4.43. The maximum absolute atomic E-state index is 3.78. The highest BCUT2D eigenvalue weighted by molar-refractivity contribution is 4.85. The van der Waals surface area contributed by atoms with Crippen molar-refractivity contribution in [3.05, 3.63) is 0 Å². The molecule has 1 unspecified atom stereocenters. The van der Waals surface area contributed by atoms with E-state index in [1.165, 1.54) is 58.2 Å². The molecule has 94 valence electrons. The lowest BCUT2D eigenvalue weighted by molar-refractivity contribution is 0.210. The molecule has 1 saturated carbocycles. The number of rotatable bonds is 6. The Morgan fingerprint density at radius 1 is 1.19 bits per heavy atom. The van der Waals surface area contributed by atoms with Crippen LogP contribution in [0.5, 0.6) is 0 Å². The lowest BCUT2D eigenvalue weighted by Gasteiger charge is -2.29. The number of hydrogen-bond donors (Lipinski definition) is 1. The molecule has 0 aromatic rings. The predicted molar refractivity (Wildman–Crippen MR) is 69.6 cm³/mol. The lowest BCUT2D eigenvalue weighted by atomic mass is 9.93. The number of nitrogens with one attached hydrogen (secondary N) is 1. The molecule has 2 heteroatoms. The second kappa shape index (κ2) is 6.02. The Hall–Kier alpha value is -0.0800. The second-order valence-electron chi connectivity index (χ2n) is 5.84. The highest BCUT2D eigenvalue weighted by atomic mass is 15.1. The Balaban J connectivity index is 1.56. The second-order valence-corrected chi connectivity index (χ2v) is 5.84. The fourth-order valence-electron chi connectivity index (χ4n) is 2.97. The largest absolute Gasteiger partial charge is 0.314 e.